The van der Waals surface area contributed by atoms with E-state index in [1.54, 1.807) is 0 Å². The van der Waals surface area contributed by atoms with Crippen molar-refractivity contribution in [2.75, 3.05) is 42.7 Å². The van der Waals surface area contributed by atoms with Crippen molar-refractivity contribution in [3.8, 4) is 0 Å². The van der Waals surface area contributed by atoms with E-state index in [1.807, 2.05) is 60.0 Å². The number of rotatable bonds is 7. The summed E-state index contributed by atoms with van der Waals surface area (Å²) >= 11 is 7.78. The number of nitrogens with one attached hydrogen (secondary N) is 2. The molecule has 0 atom stereocenters. The fourth-order valence-corrected chi connectivity index (χ4v) is 5.60. The Kier molecular flexibility index (Phi) is 7.25. The molecule has 1 amide bonds. The number of anilines is 3. The summed E-state index contributed by atoms with van der Waals surface area (Å²) in [5, 5.41) is 10.9. The molecular weight excluding hydrogens is 534 g/mol. The first-order valence-corrected chi connectivity index (χ1v) is 13.8. The minimum absolute atomic E-state index is 0.00181. The number of carbonyl (C=O) groups excluding carboxylic acids is 1. The van der Waals surface area contributed by atoms with Gasteiger partial charge in [0.05, 0.1) is 35.7 Å². The topological polar surface area (TPSA) is 118 Å². The molecule has 39 heavy (non-hydrogen) atoms. The molecule has 6 rings (SSSR count). The number of nitrogen functional groups attached to an aromatic ring is 1. The van der Waals surface area contributed by atoms with Gasteiger partial charge in [0.2, 0.25) is 5.82 Å². The van der Waals surface area contributed by atoms with Gasteiger partial charge in [-0.3, -0.25) is 9.69 Å². The van der Waals surface area contributed by atoms with Crippen molar-refractivity contribution in [2.45, 2.75) is 13.1 Å². The Balaban J connectivity index is 1.26. The van der Waals surface area contributed by atoms with E-state index in [1.165, 1.54) is 11.3 Å². The SMILES string of the molecule is Nc1nc(C(=O)Nc2cc3ccccc3c(CNc3ccc(Cl)cc3CN3CCOCC3)n2)nc2ccsc12. The van der Waals surface area contributed by atoms with Gasteiger partial charge in [-0.25, -0.2) is 15.0 Å². The Labute approximate surface area is 234 Å². The molecule has 0 radical (unpaired) electrons. The van der Waals surface area contributed by atoms with Crippen molar-refractivity contribution < 1.29 is 9.53 Å². The molecule has 1 fully saturated rings. The summed E-state index contributed by atoms with van der Waals surface area (Å²) < 4.78 is 6.25. The molecule has 0 spiro atoms. The molecule has 1 aliphatic heterocycles. The lowest BCUT2D eigenvalue weighted by Gasteiger charge is -2.27. The van der Waals surface area contributed by atoms with Crippen molar-refractivity contribution in [2.24, 2.45) is 0 Å². The first-order valence-electron chi connectivity index (χ1n) is 12.6. The van der Waals surface area contributed by atoms with Gasteiger partial charge in [0.25, 0.3) is 5.91 Å². The second-order valence-electron chi connectivity index (χ2n) is 9.24. The predicted octanol–water partition coefficient (Wildman–Crippen LogP) is 5.17. The van der Waals surface area contributed by atoms with Gasteiger partial charge in [0.1, 0.15) is 11.6 Å². The number of benzene rings is 2. The maximum Gasteiger partial charge on any atom is 0.294 e. The fourth-order valence-electron chi connectivity index (χ4n) is 4.67. The summed E-state index contributed by atoms with van der Waals surface area (Å²) in [6.45, 7) is 4.45. The Hall–Kier alpha value is -3.83. The van der Waals surface area contributed by atoms with Crippen LogP contribution < -0.4 is 16.4 Å². The zero-order chi connectivity index (χ0) is 26.8. The summed E-state index contributed by atoms with van der Waals surface area (Å²) in [6.07, 6.45) is 0. The molecule has 5 aromatic rings. The molecule has 4 N–H and O–H groups in total. The summed E-state index contributed by atoms with van der Waals surface area (Å²) in [5.41, 5.74) is 9.58. The number of nitrogens with two attached hydrogens (primary N) is 1. The molecule has 198 valence electrons. The van der Waals surface area contributed by atoms with Crippen LogP contribution in [-0.4, -0.2) is 52.1 Å². The predicted molar refractivity (Wildman–Crippen MR) is 156 cm³/mol. The van der Waals surface area contributed by atoms with Gasteiger partial charge >= 0.3 is 0 Å². The van der Waals surface area contributed by atoms with Crippen molar-refractivity contribution in [3.63, 3.8) is 0 Å². The lowest BCUT2D eigenvalue weighted by atomic mass is 10.1. The van der Waals surface area contributed by atoms with Gasteiger partial charge < -0.3 is 21.1 Å². The molecule has 0 saturated carbocycles. The second-order valence-corrected chi connectivity index (χ2v) is 10.6. The minimum Gasteiger partial charge on any atom is -0.382 e. The van der Waals surface area contributed by atoms with Gasteiger partial charge in [-0.05, 0) is 46.7 Å². The summed E-state index contributed by atoms with van der Waals surface area (Å²) in [6, 6.07) is 17.5. The first-order chi connectivity index (χ1) is 19.0. The summed E-state index contributed by atoms with van der Waals surface area (Å²) in [5.74, 6) is 0.226. The van der Waals surface area contributed by atoms with Crippen molar-refractivity contribution >= 4 is 67.2 Å². The number of ether oxygens (including phenoxy) is 1. The number of aromatic nitrogens is 3. The maximum atomic E-state index is 13.1. The van der Waals surface area contributed by atoms with Crippen LogP contribution in [0.25, 0.3) is 21.0 Å². The highest BCUT2D eigenvalue weighted by Gasteiger charge is 2.17. The Morgan fingerprint density at radius 1 is 1.08 bits per heavy atom. The summed E-state index contributed by atoms with van der Waals surface area (Å²) in [7, 11) is 0. The van der Waals surface area contributed by atoms with E-state index in [9.17, 15) is 4.79 Å². The van der Waals surface area contributed by atoms with E-state index in [0.29, 0.717) is 22.9 Å². The van der Waals surface area contributed by atoms with E-state index in [4.69, 9.17) is 27.1 Å². The van der Waals surface area contributed by atoms with Gasteiger partial charge in [-0.2, -0.15) is 0 Å². The first kappa shape index (κ1) is 25.4. The Morgan fingerprint density at radius 2 is 1.92 bits per heavy atom. The Morgan fingerprint density at radius 3 is 2.79 bits per heavy atom. The number of fused-ring (bicyclic) bond motifs is 2. The highest BCUT2D eigenvalue weighted by atomic mass is 35.5. The van der Waals surface area contributed by atoms with E-state index in [0.717, 1.165) is 65.3 Å². The van der Waals surface area contributed by atoms with E-state index in [2.05, 4.69) is 25.5 Å². The van der Waals surface area contributed by atoms with Crippen LogP contribution in [0.5, 0.6) is 0 Å². The van der Waals surface area contributed by atoms with Crippen LogP contribution in [0.1, 0.15) is 21.9 Å². The Bertz CT molecular complexity index is 1670. The van der Waals surface area contributed by atoms with Gasteiger partial charge in [0.15, 0.2) is 0 Å². The molecule has 4 heterocycles. The van der Waals surface area contributed by atoms with Crippen molar-refractivity contribution in [1.82, 2.24) is 19.9 Å². The third kappa shape index (κ3) is 5.64. The summed E-state index contributed by atoms with van der Waals surface area (Å²) in [4.78, 5) is 28.8. The maximum absolute atomic E-state index is 13.1. The number of hydrogen-bond acceptors (Lipinski definition) is 9. The molecule has 1 saturated heterocycles. The normalized spacial score (nSPS) is 14.1. The van der Waals surface area contributed by atoms with Gasteiger partial charge in [-0.1, -0.05) is 35.9 Å². The number of amides is 1. The standard InChI is InChI=1S/C28H26ClN7O2S/c29-19-5-6-21(18(13-19)16-36-8-10-38-11-9-36)31-15-23-20-4-2-1-3-17(20)14-24(32-23)34-28(37)27-33-22-7-12-39-25(22)26(30)35-27/h1-7,12-14,31H,8-11,15-16H2,(H2,30,33,35)(H,32,34,37). The molecule has 11 heteroatoms. The van der Waals surface area contributed by atoms with Crippen molar-refractivity contribution in [1.29, 1.82) is 0 Å². The average molecular weight is 560 g/mol. The highest BCUT2D eigenvalue weighted by Crippen LogP contribution is 2.27. The number of halogens is 1. The molecule has 0 unspecified atom stereocenters. The number of hydrogen-bond donors (Lipinski definition) is 3. The third-order valence-electron chi connectivity index (χ3n) is 6.61. The van der Waals surface area contributed by atoms with Crippen LogP contribution in [0, 0.1) is 0 Å². The van der Waals surface area contributed by atoms with Crippen LogP contribution in [-0.2, 0) is 17.8 Å². The number of morpholine rings is 1. The number of pyridine rings is 1. The second kappa shape index (κ2) is 11.1. The number of thiophene rings is 1. The van der Waals surface area contributed by atoms with Crippen LogP contribution in [0.3, 0.4) is 0 Å². The van der Waals surface area contributed by atoms with Crippen LogP contribution >= 0.6 is 22.9 Å². The molecule has 2 aromatic carbocycles. The van der Waals surface area contributed by atoms with Crippen LogP contribution in [0.15, 0.2) is 60.0 Å². The molecule has 9 nitrogen and oxygen atoms in total. The number of nitrogens with zero attached hydrogens (tertiary/aromatic N) is 4. The smallest absolute Gasteiger partial charge is 0.294 e. The van der Waals surface area contributed by atoms with E-state index >= 15 is 0 Å². The largest absolute Gasteiger partial charge is 0.382 e. The molecule has 3 aromatic heterocycles. The molecule has 0 bridgehead atoms. The molecular formula is C28H26ClN7O2S. The quantitative estimate of drug-likeness (QED) is 0.250. The molecule has 1 aliphatic rings. The average Bonchev–Trinajstić information content (AvgIpc) is 3.43. The van der Waals surface area contributed by atoms with Crippen LogP contribution in [0.2, 0.25) is 5.02 Å². The highest BCUT2D eigenvalue weighted by molar-refractivity contribution is 7.17. The zero-order valence-corrected chi connectivity index (χ0v) is 22.6. The lowest BCUT2D eigenvalue weighted by molar-refractivity contribution is 0.0342. The van der Waals surface area contributed by atoms with E-state index in [-0.39, 0.29) is 11.6 Å². The third-order valence-corrected chi connectivity index (χ3v) is 7.77. The van der Waals surface area contributed by atoms with E-state index < -0.39 is 5.91 Å². The van der Waals surface area contributed by atoms with Gasteiger partial charge in [0, 0.05) is 35.7 Å². The van der Waals surface area contributed by atoms with Crippen LogP contribution in [0.4, 0.5) is 17.3 Å². The fraction of sp³-hybridized carbons (Fsp3) is 0.214. The monoisotopic (exact) mass is 559 g/mol. The zero-order valence-electron chi connectivity index (χ0n) is 21.0. The molecule has 0 aliphatic carbocycles. The lowest BCUT2D eigenvalue weighted by Crippen LogP contribution is -2.35. The van der Waals surface area contributed by atoms with Gasteiger partial charge in [-0.15, -0.1) is 11.3 Å². The number of carbonyl (C=O) groups is 1. The van der Waals surface area contributed by atoms with Crippen molar-refractivity contribution in [3.05, 3.63) is 82.1 Å². The minimum atomic E-state index is -0.470.